The summed E-state index contributed by atoms with van der Waals surface area (Å²) < 4.78 is 0. The third-order valence-electron chi connectivity index (χ3n) is 1.29. The van der Waals surface area contributed by atoms with Gasteiger partial charge in [0.15, 0.2) is 0 Å². The topological polar surface area (TPSA) is 75.4 Å². The predicted octanol–water partition coefficient (Wildman–Crippen LogP) is -0.989. The molecule has 0 heterocycles. The minimum absolute atomic E-state index is 0.0299. The summed E-state index contributed by atoms with van der Waals surface area (Å²) in [5.74, 6) is 4.28. The van der Waals surface area contributed by atoms with Gasteiger partial charge in [-0.15, -0.1) is 6.58 Å². The number of rotatable bonds is 4. The van der Waals surface area contributed by atoms with E-state index in [0.29, 0.717) is 6.54 Å². The van der Waals surface area contributed by atoms with Crippen LogP contribution in [-0.4, -0.2) is 29.8 Å². The van der Waals surface area contributed by atoms with Crippen LogP contribution in [0, 0.1) is 0 Å². The summed E-state index contributed by atoms with van der Waals surface area (Å²) in [7, 11) is 0. The molecule has 0 fully saturated rings. The first kappa shape index (κ1) is 10.6. The molecule has 0 aromatic heterocycles. The van der Waals surface area contributed by atoms with E-state index >= 15 is 0 Å². The maximum Gasteiger partial charge on any atom is 0.253 e. The number of hydrogen-bond acceptors (Lipinski definition) is 3. The number of amides is 2. The SMILES string of the molecule is C=CCN(CC(=O)NN)C(C)=O. The fourth-order valence-electron chi connectivity index (χ4n) is 0.679. The van der Waals surface area contributed by atoms with Crippen LogP contribution in [-0.2, 0) is 9.59 Å². The van der Waals surface area contributed by atoms with Crippen LogP contribution in [0.1, 0.15) is 6.92 Å². The highest BCUT2D eigenvalue weighted by atomic mass is 16.2. The van der Waals surface area contributed by atoms with Crippen LogP contribution in [0.4, 0.5) is 0 Å². The molecule has 0 aliphatic carbocycles. The number of hydrogen-bond donors (Lipinski definition) is 2. The van der Waals surface area contributed by atoms with Gasteiger partial charge in [-0.2, -0.15) is 0 Å². The lowest BCUT2D eigenvalue weighted by molar-refractivity contribution is -0.133. The van der Waals surface area contributed by atoms with Gasteiger partial charge in [0, 0.05) is 13.5 Å². The maximum atomic E-state index is 10.8. The van der Waals surface area contributed by atoms with Crippen molar-refractivity contribution in [1.29, 1.82) is 0 Å². The summed E-state index contributed by atoms with van der Waals surface area (Å²) in [6, 6.07) is 0. The number of carbonyl (C=O) groups is 2. The Labute approximate surface area is 71.2 Å². The van der Waals surface area contributed by atoms with E-state index < -0.39 is 5.91 Å². The number of nitrogens with zero attached hydrogens (tertiary/aromatic N) is 1. The molecular weight excluding hydrogens is 158 g/mol. The molecule has 3 N–H and O–H groups in total. The molecule has 2 amide bonds. The Kier molecular flexibility index (Phi) is 4.71. The summed E-state index contributed by atoms with van der Waals surface area (Å²) in [6.45, 7) is 5.16. The van der Waals surface area contributed by atoms with Crippen LogP contribution in [0.2, 0.25) is 0 Å². The first-order valence-corrected chi connectivity index (χ1v) is 3.47. The molecule has 12 heavy (non-hydrogen) atoms. The van der Waals surface area contributed by atoms with Gasteiger partial charge in [-0.3, -0.25) is 15.0 Å². The molecule has 0 saturated heterocycles. The lowest BCUT2D eigenvalue weighted by Crippen LogP contribution is -2.42. The molecule has 5 heteroatoms. The highest BCUT2D eigenvalue weighted by molar-refractivity contribution is 5.83. The molecule has 0 rings (SSSR count). The van der Waals surface area contributed by atoms with Crippen molar-refractivity contribution in [3.63, 3.8) is 0 Å². The van der Waals surface area contributed by atoms with Gasteiger partial charge in [0.2, 0.25) is 5.91 Å². The van der Waals surface area contributed by atoms with Gasteiger partial charge in [-0.25, -0.2) is 5.84 Å². The quantitative estimate of drug-likeness (QED) is 0.247. The van der Waals surface area contributed by atoms with Gasteiger partial charge in [0.25, 0.3) is 5.91 Å². The van der Waals surface area contributed by atoms with Crippen molar-refractivity contribution in [2.45, 2.75) is 6.92 Å². The Bertz CT molecular complexity index is 191. The lowest BCUT2D eigenvalue weighted by Gasteiger charge is -2.17. The molecule has 0 saturated carbocycles. The summed E-state index contributed by atoms with van der Waals surface area (Å²) in [4.78, 5) is 22.9. The van der Waals surface area contributed by atoms with E-state index in [0.717, 1.165) is 0 Å². The van der Waals surface area contributed by atoms with E-state index in [1.807, 2.05) is 5.43 Å². The Hall–Kier alpha value is -1.36. The van der Waals surface area contributed by atoms with E-state index in [1.54, 1.807) is 6.08 Å². The Balaban J connectivity index is 4.03. The Morgan fingerprint density at radius 3 is 2.58 bits per heavy atom. The van der Waals surface area contributed by atoms with Crippen molar-refractivity contribution in [3.05, 3.63) is 12.7 Å². The molecule has 0 bridgehead atoms. The maximum absolute atomic E-state index is 10.8. The summed E-state index contributed by atoms with van der Waals surface area (Å²) >= 11 is 0. The lowest BCUT2D eigenvalue weighted by atomic mass is 10.4. The van der Waals surface area contributed by atoms with Gasteiger partial charge < -0.3 is 4.90 Å². The van der Waals surface area contributed by atoms with Crippen LogP contribution in [0.25, 0.3) is 0 Å². The molecule has 0 atom stereocenters. The van der Waals surface area contributed by atoms with Crippen LogP contribution in [0.5, 0.6) is 0 Å². The number of nitrogens with two attached hydrogens (primary N) is 1. The van der Waals surface area contributed by atoms with E-state index in [4.69, 9.17) is 5.84 Å². The highest BCUT2D eigenvalue weighted by Crippen LogP contribution is 1.88. The minimum atomic E-state index is -0.396. The van der Waals surface area contributed by atoms with Gasteiger partial charge in [-0.05, 0) is 0 Å². The van der Waals surface area contributed by atoms with E-state index in [-0.39, 0.29) is 12.5 Å². The van der Waals surface area contributed by atoms with Crippen molar-refractivity contribution in [2.24, 2.45) is 5.84 Å². The highest BCUT2D eigenvalue weighted by Gasteiger charge is 2.10. The average molecular weight is 171 g/mol. The monoisotopic (exact) mass is 171 g/mol. The van der Waals surface area contributed by atoms with Crippen molar-refractivity contribution >= 4 is 11.8 Å². The molecule has 0 aliphatic rings. The third kappa shape index (κ3) is 3.72. The van der Waals surface area contributed by atoms with Gasteiger partial charge in [0.1, 0.15) is 6.54 Å². The van der Waals surface area contributed by atoms with Crippen molar-refractivity contribution in [2.75, 3.05) is 13.1 Å². The van der Waals surface area contributed by atoms with E-state index in [1.165, 1.54) is 11.8 Å². The minimum Gasteiger partial charge on any atom is -0.330 e. The average Bonchev–Trinajstić information content (AvgIpc) is 2.03. The second-order valence-corrected chi connectivity index (χ2v) is 2.26. The molecule has 5 nitrogen and oxygen atoms in total. The largest absolute Gasteiger partial charge is 0.330 e. The van der Waals surface area contributed by atoms with Crippen LogP contribution in [0.3, 0.4) is 0 Å². The molecule has 0 aromatic rings. The van der Waals surface area contributed by atoms with Crippen molar-refractivity contribution < 1.29 is 9.59 Å². The van der Waals surface area contributed by atoms with Gasteiger partial charge in [-0.1, -0.05) is 6.08 Å². The fraction of sp³-hybridized carbons (Fsp3) is 0.429. The standard InChI is InChI=1S/C7H13N3O2/c1-3-4-10(6(2)11)5-7(12)9-8/h3H,1,4-5,8H2,2H3,(H,9,12). The van der Waals surface area contributed by atoms with Crippen LogP contribution in [0.15, 0.2) is 12.7 Å². The number of nitrogens with one attached hydrogen (secondary N) is 1. The van der Waals surface area contributed by atoms with E-state index in [2.05, 4.69) is 6.58 Å². The fourth-order valence-corrected chi connectivity index (χ4v) is 0.679. The molecule has 0 aliphatic heterocycles. The second-order valence-electron chi connectivity index (χ2n) is 2.26. The Morgan fingerprint density at radius 2 is 2.25 bits per heavy atom. The molecule has 0 unspecified atom stereocenters. The van der Waals surface area contributed by atoms with E-state index in [9.17, 15) is 9.59 Å². The molecule has 0 spiro atoms. The molecular formula is C7H13N3O2. The van der Waals surface area contributed by atoms with Crippen LogP contribution >= 0.6 is 0 Å². The second kappa shape index (κ2) is 5.31. The molecule has 0 radical (unpaired) electrons. The number of carbonyl (C=O) groups excluding carboxylic acids is 2. The first-order chi connectivity index (χ1) is 5.61. The zero-order valence-corrected chi connectivity index (χ0v) is 7.04. The molecule has 0 aromatic carbocycles. The zero-order chi connectivity index (χ0) is 9.56. The van der Waals surface area contributed by atoms with Gasteiger partial charge in [0.05, 0.1) is 0 Å². The third-order valence-corrected chi connectivity index (χ3v) is 1.29. The van der Waals surface area contributed by atoms with Gasteiger partial charge >= 0.3 is 0 Å². The normalized spacial score (nSPS) is 8.83. The number of hydrazine groups is 1. The first-order valence-electron chi connectivity index (χ1n) is 3.47. The predicted molar refractivity (Wildman–Crippen MR) is 44.8 cm³/mol. The van der Waals surface area contributed by atoms with Crippen molar-refractivity contribution in [3.8, 4) is 0 Å². The zero-order valence-electron chi connectivity index (χ0n) is 7.04. The van der Waals surface area contributed by atoms with Crippen LogP contribution < -0.4 is 11.3 Å². The smallest absolute Gasteiger partial charge is 0.253 e. The summed E-state index contributed by atoms with van der Waals surface area (Å²) in [6.07, 6.45) is 1.55. The summed E-state index contributed by atoms with van der Waals surface area (Å²) in [5, 5.41) is 0. The summed E-state index contributed by atoms with van der Waals surface area (Å²) in [5.41, 5.74) is 1.94. The Morgan fingerprint density at radius 1 is 1.67 bits per heavy atom. The van der Waals surface area contributed by atoms with Crippen molar-refractivity contribution in [1.82, 2.24) is 10.3 Å². The molecule has 68 valence electrons.